The topological polar surface area (TPSA) is 35.5 Å². The monoisotopic (exact) mass is 454 g/mol. The second-order valence-corrected chi connectivity index (χ2v) is 10.3. The molecule has 192 valence electrons. The second kappa shape index (κ2) is 24.9. The number of unbranched alkanes of at least 4 members (excludes halogenated alkanes) is 16. The molecule has 0 N–H and O–H groups in total. The van der Waals surface area contributed by atoms with E-state index in [0.29, 0.717) is 25.0 Å². The van der Waals surface area contributed by atoms with E-state index in [4.69, 9.17) is 9.47 Å². The Kier molecular flexibility index (Phi) is 24.3. The highest BCUT2D eigenvalue weighted by molar-refractivity contribution is 5.59. The fourth-order valence-corrected chi connectivity index (χ4v) is 4.24. The Morgan fingerprint density at radius 3 is 1.09 bits per heavy atom. The van der Waals surface area contributed by atoms with Crippen LogP contribution in [0, 0.1) is 11.8 Å². The predicted octanol–water partition coefficient (Wildman–Crippen LogP) is 10.3. The Morgan fingerprint density at radius 1 is 0.500 bits per heavy atom. The molecule has 0 aromatic heterocycles. The summed E-state index contributed by atoms with van der Waals surface area (Å²) in [5.41, 5.74) is 0. The number of rotatable bonds is 24. The lowest BCUT2D eigenvalue weighted by molar-refractivity contribution is 0.0356. The Morgan fingerprint density at radius 2 is 0.781 bits per heavy atom. The Hall–Kier alpha value is -0.730. The zero-order valence-electron chi connectivity index (χ0n) is 22.4. The summed E-state index contributed by atoms with van der Waals surface area (Å²) in [6.07, 6.45) is 26.1. The Labute approximate surface area is 201 Å². The van der Waals surface area contributed by atoms with E-state index in [2.05, 4.69) is 27.7 Å². The molecule has 0 aliphatic heterocycles. The van der Waals surface area contributed by atoms with Crippen molar-refractivity contribution in [1.29, 1.82) is 0 Å². The highest BCUT2D eigenvalue weighted by atomic mass is 16.7. The van der Waals surface area contributed by atoms with Crippen LogP contribution in [-0.4, -0.2) is 19.4 Å². The van der Waals surface area contributed by atoms with Crippen molar-refractivity contribution in [3.8, 4) is 0 Å². The minimum atomic E-state index is -0.483. The third kappa shape index (κ3) is 23.9. The van der Waals surface area contributed by atoms with Crippen molar-refractivity contribution in [3.63, 3.8) is 0 Å². The summed E-state index contributed by atoms with van der Waals surface area (Å²) in [5, 5.41) is 0. The smallest absolute Gasteiger partial charge is 0.434 e. The molecule has 0 rings (SSSR count). The van der Waals surface area contributed by atoms with Gasteiger partial charge in [-0.1, -0.05) is 143 Å². The van der Waals surface area contributed by atoms with Crippen LogP contribution in [0.25, 0.3) is 0 Å². The maximum absolute atomic E-state index is 11.9. The highest BCUT2D eigenvalue weighted by Gasteiger charge is 2.11. The molecule has 32 heavy (non-hydrogen) atoms. The first-order valence-electron chi connectivity index (χ1n) is 14.4. The van der Waals surface area contributed by atoms with Crippen LogP contribution in [0.1, 0.15) is 156 Å². The maximum atomic E-state index is 11.9. The zero-order valence-corrected chi connectivity index (χ0v) is 22.4. The normalized spacial score (nSPS) is 13.1. The maximum Gasteiger partial charge on any atom is 0.508 e. The van der Waals surface area contributed by atoms with Crippen LogP contribution in [0.2, 0.25) is 0 Å². The summed E-state index contributed by atoms with van der Waals surface area (Å²) < 4.78 is 10.6. The summed E-state index contributed by atoms with van der Waals surface area (Å²) in [6.45, 7) is 9.86. The number of carbonyl (C=O) groups is 1. The molecule has 0 heterocycles. The number of ether oxygens (including phenoxy) is 2. The standard InChI is InChI=1S/C29H58O3/c1-5-7-9-11-13-15-17-19-21-23-27(3)25-31-29(30)32-26-28(4)24-22-20-18-16-14-12-10-8-6-2/h27-28H,5-26H2,1-4H3. The van der Waals surface area contributed by atoms with Crippen LogP contribution >= 0.6 is 0 Å². The van der Waals surface area contributed by atoms with Gasteiger partial charge in [-0.3, -0.25) is 0 Å². The van der Waals surface area contributed by atoms with Gasteiger partial charge < -0.3 is 9.47 Å². The SMILES string of the molecule is CCCCCCCCCCCC(C)COC(=O)OCC(C)CCCCCCCCCCC. The summed E-state index contributed by atoms with van der Waals surface area (Å²) in [5.74, 6) is 0.845. The molecular formula is C29H58O3. The molecular weight excluding hydrogens is 396 g/mol. The van der Waals surface area contributed by atoms with E-state index in [1.165, 1.54) is 116 Å². The molecule has 0 radical (unpaired) electrons. The molecule has 2 atom stereocenters. The lowest BCUT2D eigenvalue weighted by Crippen LogP contribution is -2.16. The summed E-state index contributed by atoms with van der Waals surface area (Å²) in [4.78, 5) is 11.9. The first-order valence-corrected chi connectivity index (χ1v) is 14.4. The molecule has 0 fully saturated rings. The molecule has 3 nitrogen and oxygen atoms in total. The van der Waals surface area contributed by atoms with Gasteiger partial charge in [0.25, 0.3) is 0 Å². The van der Waals surface area contributed by atoms with Crippen LogP contribution in [0.3, 0.4) is 0 Å². The quantitative estimate of drug-likeness (QED) is 0.107. The molecule has 0 aliphatic rings. The van der Waals surface area contributed by atoms with E-state index in [1.807, 2.05) is 0 Å². The van der Waals surface area contributed by atoms with Gasteiger partial charge in [-0.15, -0.1) is 0 Å². The minimum Gasteiger partial charge on any atom is -0.434 e. The van der Waals surface area contributed by atoms with Crippen molar-refractivity contribution in [2.45, 2.75) is 156 Å². The minimum absolute atomic E-state index is 0.423. The van der Waals surface area contributed by atoms with Gasteiger partial charge in [0.05, 0.1) is 13.2 Å². The first-order chi connectivity index (χ1) is 15.6. The van der Waals surface area contributed by atoms with Crippen molar-refractivity contribution >= 4 is 6.16 Å². The molecule has 0 saturated heterocycles. The molecule has 0 amide bonds. The van der Waals surface area contributed by atoms with E-state index in [1.54, 1.807) is 0 Å². The lowest BCUT2D eigenvalue weighted by Gasteiger charge is -2.14. The highest BCUT2D eigenvalue weighted by Crippen LogP contribution is 2.15. The molecule has 0 spiro atoms. The van der Waals surface area contributed by atoms with Gasteiger partial charge in [0.1, 0.15) is 0 Å². The van der Waals surface area contributed by atoms with E-state index in [-0.39, 0.29) is 0 Å². The molecule has 0 aromatic rings. The van der Waals surface area contributed by atoms with Crippen LogP contribution < -0.4 is 0 Å². The molecule has 0 bridgehead atoms. The van der Waals surface area contributed by atoms with Crippen LogP contribution in [0.15, 0.2) is 0 Å². The third-order valence-electron chi connectivity index (χ3n) is 6.57. The first kappa shape index (κ1) is 31.3. The van der Waals surface area contributed by atoms with Gasteiger partial charge in [0.2, 0.25) is 0 Å². The third-order valence-corrected chi connectivity index (χ3v) is 6.57. The zero-order chi connectivity index (χ0) is 23.7. The van der Waals surface area contributed by atoms with Crippen LogP contribution in [0.5, 0.6) is 0 Å². The fourth-order valence-electron chi connectivity index (χ4n) is 4.24. The van der Waals surface area contributed by atoms with Crippen molar-refractivity contribution in [1.82, 2.24) is 0 Å². The van der Waals surface area contributed by atoms with Crippen molar-refractivity contribution in [2.75, 3.05) is 13.2 Å². The molecule has 3 heteroatoms. The second-order valence-electron chi connectivity index (χ2n) is 10.3. The van der Waals surface area contributed by atoms with Gasteiger partial charge in [-0.05, 0) is 24.7 Å². The Balaban J connectivity index is 3.44. The lowest BCUT2D eigenvalue weighted by atomic mass is 10.0. The molecule has 0 saturated carbocycles. The van der Waals surface area contributed by atoms with Gasteiger partial charge in [0.15, 0.2) is 0 Å². The largest absolute Gasteiger partial charge is 0.508 e. The molecule has 2 unspecified atom stereocenters. The number of hydrogen-bond acceptors (Lipinski definition) is 3. The summed E-state index contributed by atoms with van der Waals surface area (Å²) in [6, 6.07) is 0. The summed E-state index contributed by atoms with van der Waals surface area (Å²) in [7, 11) is 0. The van der Waals surface area contributed by atoms with Gasteiger partial charge >= 0.3 is 6.16 Å². The fraction of sp³-hybridized carbons (Fsp3) is 0.966. The predicted molar refractivity (Wildman–Crippen MR) is 139 cm³/mol. The average molecular weight is 455 g/mol. The van der Waals surface area contributed by atoms with E-state index in [9.17, 15) is 4.79 Å². The van der Waals surface area contributed by atoms with Crippen LogP contribution in [-0.2, 0) is 9.47 Å². The molecule has 0 aromatic carbocycles. The van der Waals surface area contributed by atoms with E-state index < -0.39 is 6.16 Å². The number of hydrogen-bond donors (Lipinski definition) is 0. The van der Waals surface area contributed by atoms with Gasteiger partial charge in [-0.2, -0.15) is 0 Å². The van der Waals surface area contributed by atoms with Gasteiger partial charge in [-0.25, -0.2) is 4.79 Å². The molecule has 0 aliphatic carbocycles. The number of carbonyl (C=O) groups excluding carboxylic acids is 1. The average Bonchev–Trinajstić information content (AvgIpc) is 2.79. The summed E-state index contributed by atoms with van der Waals surface area (Å²) >= 11 is 0. The van der Waals surface area contributed by atoms with E-state index in [0.717, 1.165) is 12.8 Å². The van der Waals surface area contributed by atoms with Crippen molar-refractivity contribution in [2.24, 2.45) is 11.8 Å². The van der Waals surface area contributed by atoms with Gasteiger partial charge in [0, 0.05) is 0 Å². The van der Waals surface area contributed by atoms with Crippen LogP contribution in [0.4, 0.5) is 4.79 Å². The van der Waals surface area contributed by atoms with E-state index >= 15 is 0 Å². The Bertz CT molecular complexity index is 349. The van der Waals surface area contributed by atoms with Crippen molar-refractivity contribution in [3.05, 3.63) is 0 Å². The van der Waals surface area contributed by atoms with Crippen molar-refractivity contribution < 1.29 is 14.3 Å².